The molecule has 1 spiro atoms. The minimum atomic E-state index is -0.253. The number of fused-ring (bicyclic) bond motifs is 4. The van der Waals surface area contributed by atoms with Gasteiger partial charge in [0.1, 0.15) is 6.10 Å². The van der Waals surface area contributed by atoms with Crippen molar-refractivity contribution in [1.29, 1.82) is 0 Å². The first-order valence-corrected chi connectivity index (χ1v) is 15.1. The van der Waals surface area contributed by atoms with Crippen molar-refractivity contribution in [2.45, 2.75) is 137 Å². The van der Waals surface area contributed by atoms with E-state index in [2.05, 4.69) is 48.5 Å². The van der Waals surface area contributed by atoms with Crippen LogP contribution in [0.3, 0.4) is 0 Å². The molecule has 0 aromatic rings. The highest BCUT2D eigenvalue weighted by molar-refractivity contribution is 5.66. The molecule has 204 valence electrons. The van der Waals surface area contributed by atoms with E-state index in [-0.39, 0.29) is 50.9 Å². The van der Waals surface area contributed by atoms with E-state index in [9.17, 15) is 9.90 Å². The van der Waals surface area contributed by atoms with Gasteiger partial charge in [-0.2, -0.15) is 0 Å². The summed E-state index contributed by atoms with van der Waals surface area (Å²) in [4.78, 5) is 11.9. The normalized spacial score (nSPS) is 56.5. The summed E-state index contributed by atoms with van der Waals surface area (Å²) in [6.07, 6.45) is 11.0. The van der Waals surface area contributed by atoms with Crippen LogP contribution in [-0.4, -0.2) is 35.5 Å². The minimum Gasteiger partial charge on any atom is -0.462 e. The van der Waals surface area contributed by atoms with Crippen LogP contribution in [0.15, 0.2) is 0 Å². The summed E-state index contributed by atoms with van der Waals surface area (Å²) in [6, 6.07) is 0. The van der Waals surface area contributed by atoms with Gasteiger partial charge < -0.3 is 14.6 Å². The van der Waals surface area contributed by atoms with E-state index < -0.39 is 0 Å². The number of ether oxygens (including phenoxy) is 2. The highest BCUT2D eigenvalue weighted by Crippen LogP contribution is 2.80. The molecule has 1 heterocycles. The average molecular weight is 501 g/mol. The smallest absolute Gasteiger partial charge is 0.302 e. The Morgan fingerprint density at radius 1 is 0.833 bits per heavy atom. The second kappa shape index (κ2) is 7.32. The zero-order chi connectivity index (χ0) is 26.2. The predicted octanol–water partition coefficient (Wildman–Crippen LogP) is 6.92. The molecule has 2 bridgehead atoms. The van der Waals surface area contributed by atoms with Gasteiger partial charge in [0.05, 0.1) is 18.3 Å². The average Bonchev–Trinajstić information content (AvgIpc) is 3.03. The first-order valence-electron chi connectivity index (χ1n) is 15.1. The first kappa shape index (κ1) is 25.7. The zero-order valence-electron chi connectivity index (χ0n) is 24.3. The number of aliphatic hydroxyl groups excluding tert-OH is 1. The molecule has 5 aliphatic carbocycles. The molecule has 5 saturated carbocycles. The summed E-state index contributed by atoms with van der Waals surface area (Å²) < 4.78 is 13.0. The SMILES string of the molecule is CC(=O)O[C@H]1CC[C@@]2(C)C(CC[C@]3(C)C2CC[C@]24OCC5(CCC(C)(C)CC52)[C@H](O)C[C@]43C)C1(C)C. The highest BCUT2D eigenvalue weighted by Gasteiger charge is 2.79. The maximum absolute atomic E-state index is 11.9. The molecule has 1 aliphatic heterocycles. The third kappa shape index (κ3) is 2.82. The van der Waals surface area contributed by atoms with Crippen LogP contribution in [0.5, 0.6) is 0 Å². The molecule has 4 nitrogen and oxygen atoms in total. The van der Waals surface area contributed by atoms with Crippen LogP contribution in [0.1, 0.15) is 120 Å². The molecular weight excluding hydrogens is 448 g/mol. The van der Waals surface area contributed by atoms with E-state index >= 15 is 0 Å². The Labute approximate surface area is 219 Å². The number of carbonyl (C=O) groups excluding carboxylic acids is 1. The summed E-state index contributed by atoms with van der Waals surface area (Å²) in [5, 5.41) is 11.9. The molecule has 0 radical (unpaired) electrons. The van der Waals surface area contributed by atoms with Gasteiger partial charge in [-0.3, -0.25) is 4.79 Å². The van der Waals surface area contributed by atoms with Gasteiger partial charge in [0.15, 0.2) is 0 Å². The summed E-state index contributed by atoms with van der Waals surface area (Å²) in [5.41, 5.74) is 0.529. The lowest BCUT2D eigenvalue weighted by Crippen LogP contribution is -2.73. The van der Waals surface area contributed by atoms with Gasteiger partial charge in [-0.25, -0.2) is 0 Å². The van der Waals surface area contributed by atoms with Gasteiger partial charge in [-0.15, -0.1) is 0 Å². The summed E-state index contributed by atoms with van der Waals surface area (Å²) in [7, 11) is 0. The second-order valence-electron chi connectivity index (χ2n) is 16.4. The lowest BCUT2D eigenvalue weighted by molar-refractivity contribution is -0.298. The van der Waals surface area contributed by atoms with Gasteiger partial charge in [0.25, 0.3) is 0 Å². The zero-order valence-corrected chi connectivity index (χ0v) is 24.3. The van der Waals surface area contributed by atoms with Gasteiger partial charge in [-0.05, 0) is 98.2 Å². The topological polar surface area (TPSA) is 55.8 Å². The van der Waals surface area contributed by atoms with Crippen LogP contribution < -0.4 is 0 Å². The molecule has 4 heteroatoms. The van der Waals surface area contributed by atoms with Crippen molar-refractivity contribution in [2.75, 3.05) is 6.61 Å². The van der Waals surface area contributed by atoms with E-state index in [0.717, 1.165) is 38.7 Å². The number of rotatable bonds is 1. The Hall–Kier alpha value is -0.610. The monoisotopic (exact) mass is 500 g/mol. The second-order valence-corrected chi connectivity index (χ2v) is 16.4. The van der Waals surface area contributed by atoms with Crippen molar-refractivity contribution in [2.24, 2.45) is 50.2 Å². The standard InChI is InChI=1S/C32H52O4/c1-20(33)36-25-11-12-28(6)21(27(25,4)5)9-13-29(7)22(28)10-14-32-23-17-26(2,3)15-16-31(23,19-35-32)24(34)18-30(29,32)8/h21-25,34H,9-19H2,1-8H3/t21?,22?,23?,24-,25+,28+,29-,30+,31?,32+/m1/s1. The molecule has 4 unspecified atom stereocenters. The predicted molar refractivity (Wildman–Crippen MR) is 141 cm³/mol. The summed E-state index contributed by atoms with van der Waals surface area (Å²) in [5.74, 6) is 1.49. The Balaban J connectivity index is 1.40. The molecule has 36 heavy (non-hydrogen) atoms. The number of aliphatic hydroxyl groups is 1. The molecule has 1 saturated heterocycles. The van der Waals surface area contributed by atoms with Crippen LogP contribution in [0.25, 0.3) is 0 Å². The molecular formula is C32H52O4. The van der Waals surface area contributed by atoms with Crippen molar-refractivity contribution in [3.63, 3.8) is 0 Å². The lowest BCUT2D eigenvalue weighted by Gasteiger charge is -2.75. The number of carbonyl (C=O) groups is 1. The fourth-order valence-electron chi connectivity index (χ4n) is 12.4. The maximum Gasteiger partial charge on any atom is 0.302 e. The number of hydrogen-bond acceptors (Lipinski definition) is 4. The lowest BCUT2D eigenvalue weighted by atomic mass is 9.30. The van der Waals surface area contributed by atoms with Crippen molar-refractivity contribution in [3.05, 3.63) is 0 Å². The molecule has 6 aliphatic rings. The van der Waals surface area contributed by atoms with Crippen LogP contribution in [0.2, 0.25) is 0 Å². The fourth-order valence-corrected chi connectivity index (χ4v) is 12.4. The molecule has 6 rings (SSSR count). The van der Waals surface area contributed by atoms with Crippen LogP contribution >= 0.6 is 0 Å². The van der Waals surface area contributed by atoms with Crippen LogP contribution in [-0.2, 0) is 14.3 Å². The third-order valence-electron chi connectivity index (χ3n) is 14.4. The van der Waals surface area contributed by atoms with Crippen LogP contribution in [0, 0.1) is 50.2 Å². The van der Waals surface area contributed by atoms with Crippen molar-refractivity contribution < 1.29 is 19.4 Å². The Bertz CT molecular complexity index is 956. The third-order valence-corrected chi connectivity index (χ3v) is 14.4. The van der Waals surface area contributed by atoms with Gasteiger partial charge in [0, 0.05) is 23.2 Å². The quantitative estimate of drug-likeness (QED) is 0.397. The minimum absolute atomic E-state index is 0.0164. The number of hydrogen-bond donors (Lipinski definition) is 1. The van der Waals surface area contributed by atoms with E-state index in [4.69, 9.17) is 9.47 Å². The molecule has 0 amide bonds. The van der Waals surface area contributed by atoms with Crippen LogP contribution in [0.4, 0.5) is 0 Å². The van der Waals surface area contributed by atoms with Crippen molar-refractivity contribution in [1.82, 2.24) is 0 Å². The summed E-state index contributed by atoms with van der Waals surface area (Å²) in [6.45, 7) is 19.7. The highest BCUT2D eigenvalue weighted by atomic mass is 16.5. The molecule has 10 atom stereocenters. The van der Waals surface area contributed by atoms with Gasteiger partial charge in [0.2, 0.25) is 0 Å². The molecule has 0 aromatic heterocycles. The van der Waals surface area contributed by atoms with E-state index in [1.54, 1.807) is 6.92 Å². The molecule has 1 N–H and O–H groups in total. The molecule has 6 fully saturated rings. The van der Waals surface area contributed by atoms with Gasteiger partial charge >= 0.3 is 5.97 Å². The van der Waals surface area contributed by atoms with E-state index in [0.29, 0.717) is 23.2 Å². The fraction of sp³-hybridized carbons (Fsp3) is 0.969. The Morgan fingerprint density at radius 2 is 1.53 bits per heavy atom. The Kier molecular flexibility index (Phi) is 5.21. The Morgan fingerprint density at radius 3 is 2.22 bits per heavy atom. The van der Waals surface area contributed by atoms with Crippen molar-refractivity contribution >= 4 is 5.97 Å². The molecule has 0 aromatic carbocycles. The largest absolute Gasteiger partial charge is 0.462 e. The van der Waals surface area contributed by atoms with Gasteiger partial charge in [-0.1, -0.05) is 48.5 Å². The van der Waals surface area contributed by atoms with E-state index in [1.807, 2.05) is 0 Å². The summed E-state index contributed by atoms with van der Waals surface area (Å²) >= 11 is 0. The number of esters is 1. The van der Waals surface area contributed by atoms with Crippen molar-refractivity contribution in [3.8, 4) is 0 Å². The first-order chi connectivity index (χ1) is 16.6. The maximum atomic E-state index is 11.9. The van der Waals surface area contributed by atoms with E-state index in [1.165, 1.54) is 32.1 Å².